The molecule has 0 radical (unpaired) electrons. The highest BCUT2D eigenvalue weighted by Gasteiger charge is 2.32. The normalized spacial score (nSPS) is 14.8. The van der Waals surface area contributed by atoms with Gasteiger partial charge in [-0.25, -0.2) is 9.48 Å². The van der Waals surface area contributed by atoms with Crippen molar-refractivity contribution >= 4 is 17.8 Å². The van der Waals surface area contributed by atoms with Crippen molar-refractivity contribution in [1.29, 1.82) is 0 Å². The van der Waals surface area contributed by atoms with E-state index in [1.807, 2.05) is 0 Å². The van der Waals surface area contributed by atoms with Crippen LogP contribution in [0.1, 0.15) is 47.1 Å². The van der Waals surface area contributed by atoms with Gasteiger partial charge in [0.25, 0.3) is 11.7 Å². The number of hydrogen-bond donors (Lipinski definition) is 1. The number of hydrogen-bond acceptors (Lipinski definition) is 5. The second-order valence-electron chi connectivity index (χ2n) is 7.77. The van der Waals surface area contributed by atoms with Crippen LogP contribution in [0.25, 0.3) is 5.69 Å². The predicted octanol–water partition coefficient (Wildman–Crippen LogP) is 3.43. The average molecular weight is 466 g/mol. The van der Waals surface area contributed by atoms with E-state index in [4.69, 9.17) is 4.74 Å². The van der Waals surface area contributed by atoms with Gasteiger partial charge in [-0.2, -0.15) is 18.3 Å². The van der Waals surface area contributed by atoms with Crippen LogP contribution in [-0.4, -0.2) is 58.2 Å². The number of aryl methyl sites for hydroxylation is 1. The highest BCUT2D eigenvalue weighted by molar-refractivity contribution is 6.43. The van der Waals surface area contributed by atoms with E-state index >= 15 is 0 Å². The first-order valence-electron chi connectivity index (χ1n) is 10.5. The van der Waals surface area contributed by atoms with Gasteiger partial charge in [-0.15, -0.1) is 0 Å². The monoisotopic (exact) mass is 466 g/mol. The van der Waals surface area contributed by atoms with Crippen molar-refractivity contribution in [3.05, 3.63) is 46.8 Å². The molecule has 2 aromatic rings. The number of nitrogens with one attached hydrogen (secondary N) is 1. The molecule has 1 aromatic carbocycles. The number of ether oxygens (including phenoxy) is 1. The Morgan fingerprint density at radius 1 is 1.18 bits per heavy atom. The molecule has 0 unspecified atom stereocenters. The predicted molar refractivity (Wildman–Crippen MR) is 112 cm³/mol. The largest absolute Gasteiger partial charge is 0.450 e. The molecule has 11 heteroatoms. The van der Waals surface area contributed by atoms with E-state index in [2.05, 4.69) is 10.4 Å². The number of carbonyl (C=O) groups excluding carboxylic acids is 3. The minimum Gasteiger partial charge on any atom is -0.450 e. The Hall–Kier alpha value is -3.37. The molecule has 1 fully saturated rings. The topological polar surface area (TPSA) is 93.5 Å². The molecule has 2 heterocycles. The summed E-state index contributed by atoms with van der Waals surface area (Å²) in [7, 11) is 0. The quantitative estimate of drug-likeness (QED) is 0.538. The van der Waals surface area contributed by atoms with Gasteiger partial charge in [0.1, 0.15) is 0 Å². The zero-order valence-electron chi connectivity index (χ0n) is 18.5. The van der Waals surface area contributed by atoms with Crippen LogP contribution in [0, 0.1) is 13.8 Å². The van der Waals surface area contributed by atoms with Gasteiger partial charge in [-0.05, 0) is 51.8 Å². The van der Waals surface area contributed by atoms with Crippen LogP contribution in [-0.2, 0) is 15.7 Å². The molecular formula is C22H25F3N4O4. The Morgan fingerprint density at radius 2 is 1.85 bits per heavy atom. The summed E-state index contributed by atoms with van der Waals surface area (Å²) in [6.07, 6.45) is -3.99. The van der Waals surface area contributed by atoms with Crippen LogP contribution < -0.4 is 5.32 Å². The van der Waals surface area contributed by atoms with Crippen molar-refractivity contribution in [3.8, 4) is 5.69 Å². The number of aromatic nitrogens is 2. The van der Waals surface area contributed by atoms with Crippen LogP contribution in [0.3, 0.4) is 0 Å². The number of carbonyl (C=O) groups is 3. The molecule has 3 rings (SSSR count). The third-order valence-corrected chi connectivity index (χ3v) is 5.50. The maximum Gasteiger partial charge on any atom is 0.416 e. The first kappa shape index (κ1) is 24.3. The maximum absolute atomic E-state index is 13.1. The van der Waals surface area contributed by atoms with Gasteiger partial charge in [0.2, 0.25) is 0 Å². The number of rotatable bonds is 5. The SMILES string of the molecule is CCOC(=O)N1CCC(NC(=O)C(=O)c2c(C)nn(-c3cccc(C(F)(F)F)c3)c2C)CC1. The standard InChI is InChI=1S/C22H25F3N4O4/c1-4-33-21(32)28-10-8-16(9-11-28)26-20(31)19(30)18-13(2)27-29(14(18)3)17-7-5-6-15(12-17)22(23,24)25/h5-7,12,16H,4,8-11H2,1-3H3,(H,26,31). The summed E-state index contributed by atoms with van der Waals surface area (Å²) in [6.45, 7) is 5.83. The fourth-order valence-corrected chi connectivity index (χ4v) is 3.82. The van der Waals surface area contributed by atoms with Gasteiger partial charge >= 0.3 is 12.3 Å². The van der Waals surface area contributed by atoms with Crippen LogP contribution in [0.4, 0.5) is 18.0 Å². The van der Waals surface area contributed by atoms with Crippen LogP contribution >= 0.6 is 0 Å². The third-order valence-electron chi connectivity index (χ3n) is 5.50. The number of halogens is 3. The van der Waals surface area contributed by atoms with Crippen LogP contribution in [0.5, 0.6) is 0 Å². The average Bonchev–Trinajstić information content (AvgIpc) is 3.07. The number of benzene rings is 1. The van der Waals surface area contributed by atoms with Crippen molar-refractivity contribution in [1.82, 2.24) is 20.0 Å². The summed E-state index contributed by atoms with van der Waals surface area (Å²) < 4.78 is 45.4. The highest BCUT2D eigenvalue weighted by atomic mass is 19.4. The molecule has 0 spiro atoms. The molecule has 1 aliphatic heterocycles. The number of amides is 2. The second kappa shape index (κ2) is 9.63. The Morgan fingerprint density at radius 3 is 2.45 bits per heavy atom. The number of alkyl halides is 3. The fourth-order valence-electron chi connectivity index (χ4n) is 3.82. The van der Waals surface area contributed by atoms with E-state index in [0.29, 0.717) is 25.9 Å². The van der Waals surface area contributed by atoms with E-state index in [1.165, 1.54) is 30.7 Å². The molecule has 1 aliphatic rings. The number of ketones is 1. The molecule has 0 aliphatic carbocycles. The van der Waals surface area contributed by atoms with E-state index < -0.39 is 29.5 Å². The van der Waals surface area contributed by atoms with Crippen molar-refractivity contribution in [3.63, 3.8) is 0 Å². The zero-order chi connectivity index (χ0) is 24.3. The van der Waals surface area contributed by atoms with Crippen molar-refractivity contribution in [2.24, 2.45) is 0 Å². The molecule has 1 N–H and O–H groups in total. The molecule has 0 saturated carbocycles. The third kappa shape index (κ3) is 5.35. The first-order valence-corrected chi connectivity index (χ1v) is 10.5. The molecule has 8 nitrogen and oxygen atoms in total. The molecular weight excluding hydrogens is 441 g/mol. The summed E-state index contributed by atoms with van der Waals surface area (Å²) in [5.41, 5.74) is -0.149. The first-order chi connectivity index (χ1) is 15.5. The Kier molecular flexibility index (Phi) is 7.09. The zero-order valence-corrected chi connectivity index (χ0v) is 18.5. The minimum atomic E-state index is -4.52. The molecule has 1 saturated heterocycles. The lowest BCUT2D eigenvalue weighted by Gasteiger charge is -2.31. The van der Waals surface area contributed by atoms with Crippen LogP contribution in [0.15, 0.2) is 24.3 Å². The molecule has 2 amide bonds. The van der Waals surface area contributed by atoms with Crippen molar-refractivity contribution in [2.45, 2.75) is 45.8 Å². The number of likely N-dealkylation sites (tertiary alicyclic amines) is 1. The van der Waals surface area contributed by atoms with Gasteiger partial charge in [0.05, 0.1) is 34.8 Å². The smallest absolute Gasteiger partial charge is 0.416 e. The minimum absolute atomic E-state index is 0.0499. The summed E-state index contributed by atoms with van der Waals surface area (Å²) in [5.74, 6) is -1.63. The highest BCUT2D eigenvalue weighted by Crippen LogP contribution is 2.31. The van der Waals surface area contributed by atoms with Crippen LogP contribution in [0.2, 0.25) is 0 Å². The molecule has 33 heavy (non-hydrogen) atoms. The summed E-state index contributed by atoms with van der Waals surface area (Å²) in [4.78, 5) is 38.8. The van der Waals surface area contributed by atoms with Gasteiger partial charge in [-0.3, -0.25) is 9.59 Å². The lowest BCUT2D eigenvalue weighted by Crippen LogP contribution is -2.48. The fraction of sp³-hybridized carbons (Fsp3) is 0.455. The van der Waals surface area contributed by atoms with E-state index in [1.54, 1.807) is 11.8 Å². The molecule has 0 atom stereocenters. The van der Waals surface area contributed by atoms with Gasteiger partial charge in [0, 0.05) is 19.1 Å². The molecule has 0 bridgehead atoms. The number of nitrogens with zero attached hydrogens (tertiary/aromatic N) is 3. The molecule has 1 aromatic heterocycles. The van der Waals surface area contributed by atoms with E-state index in [-0.39, 0.29) is 35.3 Å². The van der Waals surface area contributed by atoms with Crippen molar-refractivity contribution in [2.75, 3.05) is 19.7 Å². The van der Waals surface area contributed by atoms with Gasteiger partial charge in [-0.1, -0.05) is 6.07 Å². The van der Waals surface area contributed by atoms with E-state index in [0.717, 1.165) is 12.1 Å². The Balaban J connectivity index is 1.72. The summed E-state index contributed by atoms with van der Waals surface area (Å²) in [6, 6.07) is 4.30. The second-order valence-corrected chi connectivity index (χ2v) is 7.77. The van der Waals surface area contributed by atoms with Gasteiger partial charge in [0.15, 0.2) is 0 Å². The Labute approximate surface area is 188 Å². The lowest BCUT2D eigenvalue weighted by atomic mass is 10.0. The number of Topliss-reactive ketones (excluding diaryl/α,β-unsaturated/α-hetero) is 1. The van der Waals surface area contributed by atoms with E-state index in [9.17, 15) is 27.6 Å². The maximum atomic E-state index is 13.1. The Bertz CT molecular complexity index is 1060. The molecule has 178 valence electrons. The summed E-state index contributed by atoms with van der Waals surface area (Å²) >= 11 is 0. The number of piperidine rings is 1. The van der Waals surface area contributed by atoms with Gasteiger partial charge < -0.3 is 15.0 Å². The summed E-state index contributed by atoms with van der Waals surface area (Å²) in [5, 5.41) is 6.88. The van der Waals surface area contributed by atoms with Crippen molar-refractivity contribution < 1.29 is 32.3 Å². The lowest BCUT2D eigenvalue weighted by molar-refractivity contribution is -0.137.